The van der Waals surface area contributed by atoms with Gasteiger partial charge in [-0.25, -0.2) is 9.69 Å². The van der Waals surface area contributed by atoms with Crippen molar-refractivity contribution in [2.75, 3.05) is 13.7 Å². The minimum absolute atomic E-state index is 0.0642. The number of carbonyl (C=O) groups excluding carboxylic acids is 2. The number of carboxylic acid groups (broad SMARTS) is 1. The molecule has 0 radical (unpaired) electrons. The highest BCUT2D eigenvalue weighted by atomic mass is 79.9. The highest BCUT2D eigenvalue weighted by molar-refractivity contribution is 9.10. The fourth-order valence-electron chi connectivity index (χ4n) is 2.85. The Morgan fingerprint density at radius 2 is 2.03 bits per heavy atom. The van der Waals surface area contributed by atoms with E-state index in [2.05, 4.69) is 27.3 Å². The number of aliphatic carboxylic acids is 1. The number of imide groups is 1. The van der Waals surface area contributed by atoms with Crippen LogP contribution in [0.15, 0.2) is 46.6 Å². The van der Waals surface area contributed by atoms with Crippen LogP contribution in [0.4, 0.5) is 4.79 Å². The molecule has 10 heteroatoms. The molecule has 2 aromatic carbocycles. The summed E-state index contributed by atoms with van der Waals surface area (Å²) in [6, 6.07) is 11.6. The summed E-state index contributed by atoms with van der Waals surface area (Å²) in [5, 5.41) is 20.4. The van der Waals surface area contributed by atoms with Gasteiger partial charge in [-0.2, -0.15) is 5.26 Å². The molecular formula is C21H16BrN3O6. The monoisotopic (exact) mass is 485 g/mol. The average Bonchev–Trinajstić information content (AvgIpc) is 3.00. The number of nitriles is 1. The number of nitrogens with zero attached hydrogens (tertiary/aromatic N) is 2. The highest BCUT2D eigenvalue weighted by Gasteiger charge is 2.35. The zero-order valence-corrected chi connectivity index (χ0v) is 17.8. The Hall–Kier alpha value is -3.84. The molecule has 158 valence electrons. The van der Waals surface area contributed by atoms with Gasteiger partial charge < -0.3 is 19.9 Å². The Morgan fingerprint density at radius 3 is 2.71 bits per heavy atom. The second-order valence-electron chi connectivity index (χ2n) is 6.36. The molecule has 2 aromatic rings. The second-order valence-corrected chi connectivity index (χ2v) is 7.21. The minimum atomic E-state index is -1.30. The number of benzene rings is 2. The van der Waals surface area contributed by atoms with Crippen molar-refractivity contribution in [2.24, 2.45) is 0 Å². The Morgan fingerprint density at radius 1 is 1.29 bits per heavy atom. The quantitative estimate of drug-likeness (QED) is 0.455. The summed E-state index contributed by atoms with van der Waals surface area (Å²) in [5.74, 6) is -1.28. The van der Waals surface area contributed by atoms with E-state index in [1.807, 2.05) is 6.07 Å². The summed E-state index contributed by atoms with van der Waals surface area (Å²) in [5.41, 5.74) is 1.66. The topological polar surface area (TPSA) is 129 Å². The van der Waals surface area contributed by atoms with E-state index in [-0.39, 0.29) is 12.3 Å². The molecule has 1 aliphatic heterocycles. The van der Waals surface area contributed by atoms with Crippen LogP contribution in [-0.4, -0.2) is 41.6 Å². The number of nitrogens with one attached hydrogen (secondary N) is 1. The Balaban J connectivity index is 1.85. The van der Waals surface area contributed by atoms with Gasteiger partial charge in [0.1, 0.15) is 18.8 Å². The molecule has 0 unspecified atom stereocenters. The van der Waals surface area contributed by atoms with E-state index in [0.29, 0.717) is 37.6 Å². The smallest absolute Gasteiger partial charge is 0.329 e. The van der Waals surface area contributed by atoms with Crippen LogP contribution in [-0.2, 0) is 16.2 Å². The van der Waals surface area contributed by atoms with Gasteiger partial charge in [0.05, 0.1) is 18.7 Å². The van der Waals surface area contributed by atoms with Gasteiger partial charge in [-0.05, 0) is 29.8 Å². The van der Waals surface area contributed by atoms with Gasteiger partial charge in [-0.1, -0.05) is 34.1 Å². The molecule has 0 bridgehead atoms. The highest BCUT2D eigenvalue weighted by Crippen LogP contribution is 2.35. The number of carbonyl (C=O) groups is 3. The predicted molar refractivity (Wildman–Crippen MR) is 112 cm³/mol. The van der Waals surface area contributed by atoms with Crippen molar-refractivity contribution >= 4 is 39.9 Å². The summed E-state index contributed by atoms with van der Waals surface area (Å²) < 4.78 is 11.7. The molecule has 0 saturated carbocycles. The Labute approximate surface area is 185 Å². The van der Waals surface area contributed by atoms with Crippen LogP contribution in [0.1, 0.15) is 16.7 Å². The van der Waals surface area contributed by atoms with Crippen molar-refractivity contribution in [1.82, 2.24) is 10.2 Å². The molecule has 1 aliphatic rings. The Bertz CT molecular complexity index is 1140. The molecular weight excluding hydrogens is 470 g/mol. The summed E-state index contributed by atoms with van der Waals surface area (Å²) in [6.45, 7) is -0.588. The van der Waals surface area contributed by atoms with Gasteiger partial charge in [-0.3, -0.25) is 9.59 Å². The number of rotatable bonds is 7. The molecule has 2 N–H and O–H groups in total. The molecule has 0 aliphatic carbocycles. The summed E-state index contributed by atoms with van der Waals surface area (Å²) in [7, 11) is 1.45. The fraction of sp³-hybridized carbons (Fsp3) is 0.143. The van der Waals surface area contributed by atoms with Crippen LogP contribution in [0.3, 0.4) is 0 Å². The molecule has 31 heavy (non-hydrogen) atoms. The number of halogens is 1. The molecule has 1 fully saturated rings. The molecule has 0 spiro atoms. The SMILES string of the molecule is COc1cc(/C=C2/NC(=O)N(CC(=O)O)C2=O)c(Br)cc1OCc1ccccc1C#N. The zero-order chi connectivity index (χ0) is 22.5. The lowest BCUT2D eigenvalue weighted by Gasteiger charge is -2.13. The third-order valence-corrected chi connectivity index (χ3v) is 5.05. The van der Waals surface area contributed by atoms with Gasteiger partial charge in [-0.15, -0.1) is 0 Å². The van der Waals surface area contributed by atoms with E-state index >= 15 is 0 Å². The Kier molecular flexibility index (Phi) is 6.57. The van der Waals surface area contributed by atoms with Gasteiger partial charge in [0.2, 0.25) is 0 Å². The van der Waals surface area contributed by atoms with E-state index in [0.717, 1.165) is 0 Å². The molecule has 1 heterocycles. The van der Waals surface area contributed by atoms with Crippen LogP contribution in [0.2, 0.25) is 0 Å². The lowest BCUT2D eigenvalue weighted by atomic mass is 10.1. The lowest BCUT2D eigenvalue weighted by Crippen LogP contribution is -2.35. The van der Waals surface area contributed by atoms with Gasteiger partial charge in [0, 0.05) is 10.0 Å². The van der Waals surface area contributed by atoms with Crippen molar-refractivity contribution in [3.8, 4) is 17.6 Å². The van der Waals surface area contributed by atoms with E-state index in [4.69, 9.17) is 14.6 Å². The first-order valence-electron chi connectivity index (χ1n) is 8.88. The predicted octanol–water partition coefficient (Wildman–Crippen LogP) is 2.89. The van der Waals surface area contributed by atoms with E-state index < -0.39 is 24.5 Å². The van der Waals surface area contributed by atoms with Crippen LogP contribution in [0.5, 0.6) is 11.5 Å². The lowest BCUT2D eigenvalue weighted by molar-refractivity contribution is -0.140. The standard InChI is InChI=1S/C21H16BrN3O6/c1-30-17-7-14(6-16-20(28)25(10-19(26)27)21(29)24-16)15(22)8-18(17)31-11-13-5-3-2-4-12(13)9-23/h2-8H,10-11H2,1H3,(H,24,29)(H,26,27)/b16-6+. The molecule has 0 atom stereocenters. The summed E-state index contributed by atoms with van der Waals surface area (Å²) in [4.78, 5) is 35.6. The first kappa shape index (κ1) is 21.9. The number of methoxy groups -OCH3 is 1. The number of amides is 3. The zero-order valence-electron chi connectivity index (χ0n) is 16.2. The normalized spacial score (nSPS) is 14.4. The number of ether oxygens (including phenoxy) is 2. The minimum Gasteiger partial charge on any atom is -0.493 e. The van der Waals surface area contributed by atoms with Crippen LogP contribution in [0, 0.1) is 11.3 Å². The molecule has 9 nitrogen and oxygen atoms in total. The van der Waals surface area contributed by atoms with Crippen molar-refractivity contribution in [1.29, 1.82) is 5.26 Å². The van der Waals surface area contributed by atoms with E-state index in [9.17, 15) is 19.6 Å². The maximum Gasteiger partial charge on any atom is 0.329 e. The summed E-state index contributed by atoms with van der Waals surface area (Å²) in [6.07, 6.45) is 1.41. The van der Waals surface area contributed by atoms with Crippen molar-refractivity contribution in [3.05, 3.63) is 63.3 Å². The first-order valence-corrected chi connectivity index (χ1v) is 9.68. The number of urea groups is 1. The van der Waals surface area contributed by atoms with Gasteiger partial charge in [0.15, 0.2) is 11.5 Å². The average molecular weight is 486 g/mol. The third kappa shape index (κ3) is 4.84. The first-order chi connectivity index (χ1) is 14.8. The van der Waals surface area contributed by atoms with Crippen LogP contribution < -0.4 is 14.8 Å². The third-order valence-electron chi connectivity index (χ3n) is 4.36. The van der Waals surface area contributed by atoms with Crippen LogP contribution >= 0.6 is 15.9 Å². The molecule has 3 rings (SSSR count). The van der Waals surface area contributed by atoms with Crippen LogP contribution in [0.25, 0.3) is 6.08 Å². The maximum absolute atomic E-state index is 12.3. The van der Waals surface area contributed by atoms with Crippen molar-refractivity contribution < 1.29 is 29.0 Å². The maximum atomic E-state index is 12.3. The molecule has 3 amide bonds. The molecule has 0 aromatic heterocycles. The van der Waals surface area contributed by atoms with Gasteiger partial charge >= 0.3 is 12.0 Å². The number of hydrogen-bond donors (Lipinski definition) is 2. The largest absolute Gasteiger partial charge is 0.493 e. The van der Waals surface area contributed by atoms with Crippen molar-refractivity contribution in [3.63, 3.8) is 0 Å². The van der Waals surface area contributed by atoms with Crippen molar-refractivity contribution in [2.45, 2.75) is 6.61 Å². The molecule has 1 saturated heterocycles. The van der Waals surface area contributed by atoms with Gasteiger partial charge in [0.25, 0.3) is 5.91 Å². The van der Waals surface area contributed by atoms with E-state index in [1.54, 1.807) is 30.3 Å². The summed E-state index contributed by atoms with van der Waals surface area (Å²) >= 11 is 3.40. The number of hydrogen-bond acceptors (Lipinski definition) is 6. The second kappa shape index (κ2) is 9.32. The number of carboxylic acids is 1. The van der Waals surface area contributed by atoms with E-state index in [1.165, 1.54) is 13.2 Å². The fourth-order valence-corrected chi connectivity index (χ4v) is 3.29.